The van der Waals surface area contributed by atoms with E-state index in [0.717, 1.165) is 31.2 Å². The molecule has 0 radical (unpaired) electrons. The van der Waals surface area contributed by atoms with Crippen molar-refractivity contribution in [3.63, 3.8) is 0 Å². The van der Waals surface area contributed by atoms with Crippen LogP contribution in [0.1, 0.15) is 62.9 Å². The molecule has 9 heteroatoms. The van der Waals surface area contributed by atoms with Gasteiger partial charge in [-0.3, -0.25) is 14.9 Å². The number of ether oxygens (including phenoxy) is 1. The second-order valence-corrected chi connectivity index (χ2v) is 7.61. The molecule has 2 aromatic rings. The molecule has 0 bridgehead atoms. The Bertz CT molecular complexity index is 820. The second-order valence-electron chi connectivity index (χ2n) is 7.61. The van der Waals surface area contributed by atoms with Crippen molar-refractivity contribution in [2.75, 3.05) is 6.61 Å². The molecule has 2 unspecified atom stereocenters. The van der Waals surface area contributed by atoms with Crippen LogP contribution in [0.2, 0.25) is 0 Å². The van der Waals surface area contributed by atoms with E-state index in [1.54, 1.807) is 6.92 Å². The highest BCUT2D eigenvalue weighted by molar-refractivity contribution is 5.69. The summed E-state index contributed by atoms with van der Waals surface area (Å²) in [4.78, 5) is 23.6. The Hall–Kier alpha value is -2.81. The van der Waals surface area contributed by atoms with E-state index < -0.39 is 18.0 Å². The molecule has 1 aromatic carbocycles. The van der Waals surface area contributed by atoms with Crippen molar-refractivity contribution < 1.29 is 19.4 Å². The summed E-state index contributed by atoms with van der Waals surface area (Å²) in [6, 6.07) is 8.96. The number of aliphatic carboxylic acids is 1. The third-order valence-corrected chi connectivity index (χ3v) is 5.53. The van der Waals surface area contributed by atoms with Gasteiger partial charge in [-0.15, -0.1) is 5.10 Å². The van der Waals surface area contributed by atoms with Gasteiger partial charge in [0.1, 0.15) is 6.54 Å². The Morgan fingerprint density at radius 2 is 1.97 bits per heavy atom. The van der Waals surface area contributed by atoms with Crippen molar-refractivity contribution in [2.45, 2.75) is 64.1 Å². The van der Waals surface area contributed by atoms with Crippen LogP contribution in [0, 0.1) is 5.92 Å². The summed E-state index contributed by atoms with van der Waals surface area (Å²) in [6.45, 7) is 1.92. The van der Waals surface area contributed by atoms with Gasteiger partial charge in [0.25, 0.3) is 0 Å². The number of nitrogens with zero attached hydrogens (tertiary/aromatic N) is 4. The number of rotatable bonds is 10. The van der Waals surface area contributed by atoms with Gasteiger partial charge in [-0.1, -0.05) is 49.6 Å². The molecule has 0 spiro atoms. The summed E-state index contributed by atoms with van der Waals surface area (Å²) in [6.07, 6.45) is 5.43. The smallest absolute Gasteiger partial charge is 0.327 e. The van der Waals surface area contributed by atoms with Gasteiger partial charge < -0.3 is 9.84 Å². The fourth-order valence-electron chi connectivity index (χ4n) is 4.13. The molecule has 1 aliphatic rings. The number of tetrazole rings is 1. The number of hydrogen-bond acceptors (Lipinski definition) is 7. The Morgan fingerprint density at radius 1 is 1.23 bits per heavy atom. The highest BCUT2D eigenvalue weighted by atomic mass is 16.5. The van der Waals surface area contributed by atoms with E-state index in [1.807, 2.05) is 30.3 Å². The van der Waals surface area contributed by atoms with Gasteiger partial charge in [0.2, 0.25) is 0 Å². The van der Waals surface area contributed by atoms with E-state index >= 15 is 0 Å². The summed E-state index contributed by atoms with van der Waals surface area (Å²) >= 11 is 0. The lowest BCUT2D eigenvalue weighted by Crippen LogP contribution is -2.42. The maximum Gasteiger partial charge on any atom is 0.327 e. The zero-order valence-corrected chi connectivity index (χ0v) is 17.2. The summed E-state index contributed by atoms with van der Waals surface area (Å²) in [5, 5.41) is 24.9. The van der Waals surface area contributed by atoms with E-state index in [4.69, 9.17) is 4.74 Å². The van der Waals surface area contributed by atoms with Crippen LogP contribution in [0.4, 0.5) is 0 Å². The zero-order chi connectivity index (χ0) is 21.3. The lowest BCUT2D eigenvalue weighted by molar-refractivity contribution is -0.144. The molecule has 2 N–H and O–H groups in total. The number of esters is 1. The lowest BCUT2D eigenvalue weighted by Gasteiger charge is -2.33. The van der Waals surface area contributed by atoms with Crippen molar-refractivity contribution in [3.05, 3.63) is 41.7 Å². The first-order valence-electron chi connectivity index (χ1n) is 10.5. The number of carbonyl (C=O) groups is 2. The second kappa shape index (κ2) is 10.8. The zero-order valence-electron chi connectivity index (χ0n) is 17.2. The standard InChI is InChI=1S/C21H29N5O4/c1-2-30-19(29)14-26-21(23-24-25-26)20(16-11-7-4-8-12-16)22-17(13-18(27)28)15-9-5-3-6-10-15/h4,7-8,11-12,15,17,20,22H,2-3,5-6,9-10,13-14H2,1H3,(H,27,28). The largest absolute Gasteiger partial charge is 0.481 e. The van der Waals surface area contributed by atoms with Gasteiger partial charge in [-0.25, -0.2) is 4.68 Å². The van der Waals surface area contributed by atoms with Gasteiger partial charge in [0.15, 0.2) is 5.82 Å². The Labute approximate surface area is 175 Å². The average molecular weight is 415 g/mol. The lowest BCUT2D eigenvalue weighted by atomic mass is 9.82. The first kappa shape index (κ1) is 21.9. The molecule has 1 saturated carbocycles. The predicted octanol–water partition coefficient (Wildman–Crippen LogP) is 2.34. The predicted molar refractivity (Wildman–Crippen MR) is 108 cm³/mol. The summed E-state index contributed by atoms with van der Waals surface area (Å²) < 4.78 is 6.45. The topological polar surface area (TPSA) is 119 Å². The molecule has 1 aromatic heterocycles. The van der Waals surface area contributed by atoms with Crippen LogP contribution in [0.25, 0.3) is 0 Å². The third kappa shape index (κ3) is 5.85. The van der Waals surface area contributed by atoms with E-state index in [9.17, 15) is 14.7 Å². The summed E-state index contributed by atoms with van der Waals surface area (Å²) in [5.41, 5.74) is 0.906. The maximum atomic E-state index is 12.0. The fourth-order valence-corrected chi connectivity index (χ4v) is 4.13. The number of hydrogen-bond donors (Lipinski definition) is 2. The van der Waals surface area contributed by atoms with E-state index in [-0.39, 0.29) is 31.5 Å². The van der Waals surface area contributed by atoms with Crippen molar-refractivity contribution in [3.8, 4) is 0 Å². The number of carboxylic acids is 1. The van der Waals surface area contributed by atoms with Crippen molar-refractivity contribution in [1.82, 2.24) is 25.5 Å². The number of carboxylic acid groups (broad SMARTS) is 1. The number of benzene rings is 1. The third-order valence-electron chi connectivity index (χ3n) is 5.53. The highest BCUT2D eigenvalue weighted by Crippen LogP contribution is 2.30. The van der Waals surface area contributed by atoms with E-state index in [0.29, 0.717) is 5.82 Å². The van der Waals surface area contributed by atoms with Crippen LogP contribution in [0.3, 0.4) is 0 Å². The Balaban J connectivity index is 1.90. The van der Waals surface area contributed by atoms with Gasteiger partial charge >= 0.3 is 11.9 Å². The molecule has 2 atom stereocenters. The molecular formula is C21H29N5O4. The molecular weight excluding hydrogens is 386 g/mol. The van der Waals surface area contributed by atoms with Crippen molar-refractivity contribution in [2.24, 2.45) is 5.92 Å². The fraction of sp³-hybridized carbons (Fsp3) is 0.571. The normalized spacial score (nSPS) is 16.7. The van der Waals surface area contributed by atoms with Gasteiger partial charge in [-0.05, 0) is 41.7 Å². The molecule has 0 saturated heterocycles. The minimum Gasteiger partial charge on any atom is -0.481 e. The molecule has 30 heavy (non-hydrogen) atoms. The monoisotopic (exact) mass is 415 g/mol. The molecule has 3 rings (SSSR count). The SMILES string of the molecule is CCOC(=O)Cn1nnnc1C(NC(CC(=O)O)C1CCCCC1)c1ccccc1. The van der Waals surface area contributed by atoms with Gasteiger partial charge in [0, 0.05) is 6.04 Å². The van der Waals surface area contributed by atoms with Crippen LogP contribution in [0.15, 0.2) is 30.3 Å². The molecule has 9 nitrogen and oxygen atoms in total. The average Bonchev–Trinajstić information content (AvgIpc) is 3.20. The minimum atomic E-state index is -0.837. The van der Waals surface area contributed by atoms with Crippen LogP contribution >= 0.6 is 0 Å². The number of aromatic nitrogens is 4. The van der Waals surface area contributed by atoms with Crippen LogP contribution < -0.4 is 5.32 Å². The highest BCUT2D eigenvalue weighted by Gasteiger charge is 2.31. The quantitative estimate of drug-likeness (QED) is 0.568. The molecule has 1 aliphatic carbocycles. The van der Waals surface area contributed by atoms with E-state index in [1.165, 1.54) is 11.1 Å². The Kier molecular flexibility index (Phi) is 7.89. The summed E-state index contributed by atoms with van der Waals surface area (Å²) in [7, 11) is 0. The van der Waals surface area contributed by atoms with Gasteiger partial charge in [0.05, 0.1) is 19.1 Å². The van der Waals surface area contributed by atoms with Crippen LogP contribution in [-0.2, 0) is 20.9 Å². The van der Waals surface area contributed by atoms with Crippen LogP contribution in [-0.4, -0.2) is 49.9 Å². The molecule has 0 amide bonds. The summed E-state index contributed by atoms with van der Waals surface area (Å²) in [5.74, 6) is -0.529. The number of carbonyl (C=O) groups excluding carboxylic acids is 1. The van der Waals surface area contributed by atoms with E-state index in [2.05, 4.69) is 20.8 Å². The minimum absolute atomic E-state index is 0.0213. The van der Waals surface area contributed by atoms with Crippen molar-refractivity contribution in [1.29, 1.82) is 0 Å². The molecule has 162 valence electrons. The Morgan fingerprint density at radius 3 is 2.63 bits per heavy atom. The molecule has 1 fully saturated rings. The maximum absolute atomic E-state index is 12.0. The van der Waals surface area contributed by atoms with Crippen molar-refractivity contribution >= 4 is 11.9 Å². The first-order chi connectivity index (χ1) is 14.6. The molecule has 1 heterocycles. The first-order valence-corrected chi connectivity index (χ1v) is 10.5. The number of nitrogens with one attached hydrogen (secondary N) is 1. The molecule has 0 aliphatic heterocycles. The van der Waals surface area contributed by atoms with Gasteiger partial charge in [-0.2, -0.15) is 0 Å². The van der Waals surface area contributed by atoms with Crippen LogP contribution in [0.5, 0.6) is 0 Å².